The maximum atomic E-state index is 9.71. The minimum Gasteiger partial charge on any atom is -0.508 e. The summed E-state index contributed by atoms with van der Waals surface area (Å²) in [6, 6.07) is 9.27. The summed E-state index contributed by atoms with van der Waals surface area (Å²) in [7, 11) is 0. The standard InChI is InChI=1S/C12H8Cl2O2/c13-9-2-1-3-10(14)12(9)8-6-7(15)4-5-11(8)16/h1-6,15-16H. The maximum Gasteiger partial charge on any atom is 0.123 e. The van der Waals surface area contributed by atoms with E-state index in [1.807, 2.05) is 0 Å². The van der Waals surface area contributed by atoms with Gasteiger partial charge in [0, 0.05) is 11.1 Å². The molecule has 0 saturated carbocycles. The van der Waals surface area contributed by atoms with E-state index in [1.165, 1.54) is 18.2 Å². The second-order valence-corrected chi connectivity index (χ2v) is 4.11. The first-order valence-electron chi connectivity index (χ1n) is 4.56. The van der Waals surface area contributed by atoms with E-state index in [4.69, 9.17) is 23.2 Å². The third kappa shape index (κ3) is 1.94. The molecule has 0 radical (unpaired) electrons. The van der Waals surface area contributed by atoms with Crippen LogP contribution in [0.3, 0.4) is 0 Å². The molecule has 2 N–H and O–H groups in total. The van der Waals surface area contributed by atoms with Crippen molar-refractivity contribution >= 4 is 23.2 Å². The first-order chi connectivity index (χ1) is 7.59. The van der Waals surface area contributed by atoms with Crippen molar-refractivity contribution in [2.75, 3.05) is 0 Å². The van der Waals surface area contributed by atoms with Gasteiger partial charge in [-0.25, -0.2) is 0 Å². The minimum absolute atomic E-state index is 0.0211. The molecular weight excluding hydrogens is 247 g/mol. The number of phenolic OH excluding ortho intramolecular Hbond substituents is 2. The molecular formula is C12H8Cl2O2. The highest BCUT2D eigenvalue weighted by atomic mass is 35.5. The van der Waals surface area contributed by atoms with Crippen LogP contribution in [0, 0.1) is 0 Å². The third-order valence-electron chi connectivity index (χ3n) is 2.21. The number of phenols is 2. The lowest BCUT2D eigenvalue weighted by atomic mass is 10.0. The van der Waals surface area contributed by atoms with Gasteiger partial charge in [0.2, 0.25) is 0 Å². The van der Waals surface area contributed by atoms with Gasteiger partial charge in [-0.2, -0.15) is 0 Å². The highest BCUT2D eigenvalue weighted by Gasteiger charge is 2.12. The Kier molecular flexibility index (Phi) is 2.95. The average Bonchev–Trinajstić information content (AvgIpc) is 2.23. The first kappa shape index (κ1) is 11.1. The van der Waals surface area contributed by atoms with Gasteiger partial charge in [-0.15, -0.1) is 0 Å². The van der Waals surface area contributed by atoms with E-state index in [0.717, 1.165) is 0 Å². The zero-order valence-electron chi connectivity index (χ0n) is 8.11. The van der Waals surface area contributed by atoms with Crippen LogP contribution in [0.1, 0.15) is 0 Å². The lowest BCUT2D eigenvalue weighted by Crippen LogP contribution is -1.82. The van der Waals surface area contributed by atoms with Crippen LogP contribution >= 0.6 is 23.2 Å². The van der Waals surface area contributed by atoms with E-state index in [1.54, 1.807) is 18.2 Å². The largest absolute Gasteiger partial charge is 0.508 e. The van der Waals surface area contributed by atoms with E-state index in [9.17, 15) is 10.2 Å². The van der Waals surface area contributed by atoms with Crippen LogP contribution < -0.4 is 0 Å². The summed E-state index contributed by atoms with van der Waals surface area (Å²) in [5.74, 6) is 0.0663. The van der Waals surface area contributed by atoms with Crippen LogP contribution in [-0.2, 0) is 0 Å². The molecule has 2 aromatic carbocycles. The molecule has 0 aromatic heterocycles. The zero-order chi connectivity index (χ0) is 11.7. The summed E-state index contributed by atoms with van der Waals surface area (Å²) in [5, 5.41) is 19.9. The van der Waals surface area contributed by atoms with Gasteiger partial charge in [-0.05, 0) is 30.3 Å². The summed E-state index contributed by atoms with van der Waals surface area (Å²) in [5.41, 5.74) is 0.926. The fourth-order valence-corrected chi connectivity index (χ4v) is 2.08. The monoisotopic (exact) mass is 254 g/mol. The molecule has 2 rings (SSSR count). The van der Waals surface area contributed by atoms with E-state index in [2.05, 4.69) is 0 Å². The Morgan fingerprint density at radius 2 is 1.50 bits per heavy atom. The number of hydrogen-bond acceptors (Lipinski definition) is 2. The zero-order valence-corrected chi connectivity index (χ0v) is 9.63. The van der Waals surface area contributed by atoms with E-state index >= 15 is 0 Å². The summed E-state index contributed by atoms with van der Waals surface area (Å²) < 4.78 is 0. The number of rotatable bonds is 1. The highest BCUT2D eigenvalue weighted by Crippen LogP contribution is 2.40. The Morgan fingerprint density at radius 1 is 0.875 bits per heavy atom. The van der Waals surface area contributed by atoms with Gasteiger partial charge < -0.3 is 10.2 Å². The van der Waals surface area contributed by atoms with Crippen molar-refractivity contribution in [1.82, 2.24) is 0 Å². The van der Waals surface area contributed by atoms with Gasteiger partial charge in [0.15, 0.2) is 0 Å². The maximum absolute atomic E-state index is 9.71. The molecule has 16 heavy (non-hydrogen) atoms. The Hall–Kier alpha value is -1.38. The molecule has 0 heterocycles. The lowest BCUT2D eigenvalue weighted by molar-refractivity contribution is 0.462. The molecule has 0 amide bonds. The molecule has 0 aliphatic heterocycles. The third-order valence-corrected chi connectivity index (χ3v) is 2.84. The molecule has 82 valence electrons. The molecule has 2 aromatic rings. The molecule has 0 saturated heterocycles. The van der Waals surface area contributed by atoms with Gasteiger partial charge in [-0.1, -0.05) is 29.3 Å². The Morgan fingerprint density at radius 3 is 2.12 bits per heavy atom. The van der Waals surface area contributed by atoms with Crippen molar-refractivity contribution in [2.45, 2.75) is 0 Å². The van der Waals surface area contributed by atoms with Gasteiger partial charge in [0.25, 0.3) is 0 Å². The molecule has 0 unspecified atom stereocenters. The van der Waals surface area contributed by atoms with Gasteiger partial charge in [0.05, 0.1) is 10.0 Å². The summed E-state index contributed by atoms with van der Waals surface area (Å²) in [4.78, 5) is 0. The normalized spacial score (nSPS) is 10.4. The lowest BCUT2D eigenvalue weighted by Gasteiger charge is -2.09. The topological polar surface area (TPSA) is 40.5 Å². The number of aromatic hydroxyl groups is 2. The predicted molar refractivity (Wildman–Crippen MR) is 65.2 cm³/mol. The van der Waals surface area contributed by atoms with Crippen molar-refractivity contribution in [2.24, 2.45) is 0 Å². The number of halogens is 2. The smallest absolute Gasteiger partial charge is 0.123 e. The molecule has 0 aliphatic rings. The van der Waals surface area contributed by atoms with Gasteiger partial charge in [0.1, 0.15) is 11.5 Å². The summed E-state index contributed by atoms with van der Waals surface area (Å²) in [6.45, 7) is 0. The van der Waals surface area contributed by atoms with E-state index < -0.39 is 0 Å². The van der Waals surface area contributed by atoms with Crippen LogP contribution in [0.15, 0.2) is 36.4 Å². The minimum atomic E-state index is 0.0211. The van der Waals surface area contributed by atoms with Crippen LogP contribution in [0.25, 0.3) is 11.1 Å². The first-order valence-corrected chi connectivity index (χ1v) is 5.31. The molecule has 0 fully saturated rings. The number of benzene rings is 2. The fourth-order valence-electron chi connectivity index (χ4n) is 1.48. The molecule has 2 nitrogen and oxygen atoms in total. The predicted octanol–water partition coefficient (Wildman–Crippen LogP) is 4.07. The number of hydrogen-bond donors (Lipinski definition) is 2. The Bertz CT molecular complexity index is 518. The van der Waals surface area contributed by atoms with Crippen molar-refractivity contribution in [3.63, 3.8) is 0 Å². The molecule has 0 spiro atoms. The van der Waals surface area contributed by atoms with Crippen molar-refractivity contribution in [3.8, 4) is 22.6 Å². The van der Waals surface area contributed by atoms with Crippen LogP contribution in [0.5, 0.6) is 11.5 Å². The molecule has 0 bridgehead atoms. The molecule has 0 atom stereocenters. The van der Waals surface area contributed by atoms with Gasteiger partial charge in [-0.3, -0.25) is 0 Å². The van der Waals surface area contributed by atoms with Crippen LogP contribution in [-0.4, -0.2) is 10.2 Å². The van der Waals surface area contributed by atoms with E-state index in [-0.39, 0.29) is 11.5 Å². The SMILES string of the molecule is Oc1ccc(O)c(-c2c(Cl)cccc2Cl)c1. The van der Waals surface area contributed by atoms with Crippen molar-refractivity contribution in [3.05, 3.63) is 46.4 Å². The molecule has 4 heteroatoms. The average molecular weight is 255 g/mol. The summed E-state index contributed by atoms with van der Waals surface area (Å²) in [6.07, 6.45) is 0. The van der Waals surface area contributed by atoms with Crippen molar-refractivity contribution in [1.29, 1.82) is 0 Å². The Balaban J connectivity index is 2.72. The Labute approximate surface area is 103 Å². The van der Waals surface area contributed by atoms with Gasteiger partial charge >= 0.3 is 0 Å². The second-order valence-electron chi connectivity index (χ2n) is 3.30. The van der Waals surface area contributed by atoms with Crippen molar-refractivity contribution < 1.29 is 10.2 Å². The molecule has 0 aliphatic carbocycles. The van der Waals surface area contributed by atoms with Crippen LogP contribution in [0.2, 0.25) is 10.0 Å². The van der Waals surface area contributed by atoms with Crippen LogP contribution in [0.4, 0.5) is 0 Å². The second kappa shape index (κ2) is 4.24. The highest BCUT2D eigenvalue weighted by molar-refractivity contribution is 6.39. The quantitative estimate of drug-likeness (QED) is 0.754. The fraction of sp³-hybridized carbons (Fsp3) is 0. The van der Waals surface area contributed by atoms with E-state index in [0.29, 0.717) is 21.2 Å². The summed E-state index contributed by atoms with van der Waals surface area (Å²) >= 11 is 12.0.